The molecule has 84 heavy (non-hydrogen) atoms. The molecular formula is C56H64BN15O12. The van der Waals surface area contributed by atoms with Crippen LogP contribution in [0.15, 0.2) is 98.2 Å². The molecule has 9 aromatic rings. The van der Waals surface area contributed by atoms with Crippen molar-refractivity contribution in [1.82, 2.24) is 73.8 Å². The van der Waals surface area contributed by atoms with Gasteiger partial charge in [-0.15, -0.1) is 0 Å². The lowest BCUT2D eigenvalue weighted by molar-refractivity contribution is 0.00578. The molecule has 27 nitrogen and oxygen atoms in total. The Labute approximate surface area is 482 Å². The van der Waals surface area contributed by atoms with Crippen LogP contribution in [0.2, 0.25) is 0 Å². The number of aromatic carboxylic acids is 3. The van der Waals surface area contributed by atoms with Crippen molar-refractivity contribution in [2.75, 3.05) is 13.2 Å². The second-order valence-corrected chi connectivity index (χ2v) is 19.9. The van der Waals surface area contributed by atoms with Crippen LogP contribution in [0.3, 0.4) is 0 Å². The number of ketones is 2. The molecule has 0 atom stereocenters. The van der Waals surface area contributed by atoms with E-state index < -0.39 is 55.2 Å². The van der Waals surface area contributed by atoms with E-state index in [1.165, 1.54) is 42.0 Å². The number of hydrogen-bond donors (Lipinski definition) is 5. The minimum Gasteiger partial charge on any atom is -0.477 e. The van der Waals surface area contributed by atoms with Crippen molar-refractivity contribution >= 4 is 42.1 Å². The molecule has 1 aliphatic rings. The summed E-state index contributed by atoms with van der Waals surface area (Å²) < 4.78 is 18.6. The van der Waals surface area contributed by atoms with Gasteiger partial charge in [-0.2, -0.15) is 25.5 Å². The van der Waals surface area contributed by atoms with Crippen molar-refractivity contribution in [3.05, 3.63) is 149 Å². The van der Waals surface area contributed by atoms with Crippen LogP contribution in [-0.2, 0) is 44.5 Å². The number of aliphatic hydroxyl groups is 2. The number of nitrogens with zero attached hydrogens (tertiary/aromatic N) is 15. The first-order valence-electron chi connectivity index (χ1n) is 25.6. The van der Waals surface area contributed by atoms with Gasteiger partial charge in [-0.1, -0.05) is 18.2 Å². The number of carbonyl (C=O) groups is 5. The highest BCUT2D eigenvalue weighted by Crippen LogP contribution is 2.37. The van der Waals surface area contributed by atoms with E-state index in [0.29, 0.717) is 56.2 Å². The molecule has 0 unspecified atom stereocenters. The summed E-state index contributed by atoms with van der Waals surface area (Å²) in [5.41, 5.74) is 8.98. The molecule has 10 rings (SSSR count). The Morgan fingerprint density at radius 1 is 0.464 bits per heavy atom. The molecule has 0 amide bonds. The number of aryl methyl sites for hydroxylation is 9. The van der Waals surface area contributed by atoms with Gasteiger partial charge in [0.25, 0.3) is 0 Å². The fraction of sp³-hybridized carbons (Fsp3) is 0.304. The Balaban J connectivity index is 0.000000169. The second kappa shape index (κ2) is 26.9. The lowest BCUT2D eigenvalue weighted by Crippen LogP contribution is -2.41. The first kappa shape index (κ1) is 63.4. The number of carbonyl (C=O) groups excluding carboxylic acids is 2. The zero-order valence-corrected chi connectivity index (χ0v) is 48.5. The fourth-order valence-corrected chi connectivity index (χ4v) is 8.41. The smallest absolute Gasteiger partial charge is 0.477 e. The second-order valence-electron chi connectivity index (χ2n) is 19.9. The third kappa shape index (κ3) is 14.3. The summed E-state index contributed by atoms with van der Waals surface area (Å²) in [7, 11) is 7.45. The van der Waals surface area contributed by atoms with Crippen LogP contribution in [-0.4, -0.2) is 160 Å². The maximum atomic E-state index is 11.8. The number of aliphatic hydroxyl groups excluding tert-OH is 2. The summed E-state index contributed by atoms with van der Waals surface area (Å²) in [6, 6.07) is 12.9. The van der Waals surface area contributed by atoms with Gasteiger partial charge in [0.05, 0.1) is 87.3 Å². The van der Waals surface area contributed by atoms with E-state index in [1.807, 2.05) is 91.8 Å². The molecule has 10 heterocycles. The maximum Gasteiger partial charge on any atom is 0.498 e. The molecule has 1 fully saturated rings. The zero-order chi connectivity index (χ0) is 62.0. The lowest BCUT2D eigenvalue weighted by Gasteiger charge is -2.32. The molecule has 1 saturated heterocycles. The first-order chi connectivity index (χ1) is 39.6. The highest BCUT2D eigenvalue weighted by atomic mass is 16.7. The molecule has 0 aliphatic carbocycles. The first-order valence-corrected chi connectivity index (χ1v) is 25.6. The number of Topliss-reactive ketones (excluding diaryl/α,β-unsaturated/α-hetero) is 2. The van der Waals surface area contributed by atoms with Crippen molar-refractivity contribution in [3.63, 3.8) is 0 Å². The molecule has 0 radical (unpaired) electrons. The molecular weight excluding hydrogens is 1090 g/mol. The minimum atomic E-state index is -1.03. The standard InChI is InChI=1S/C12H19BN2O4.C12H13N3O2.2C11H11N3O2.C10H10N4O2/c1-11(2)12(3,4)19-13(18-11)8-6-14-15(5)10(8)9(17)7-16;1-8-4-3-5-13-11(8)9-6-14-15(2)12(9)10(17)7-16;1-7-4-3-5-12-9(7)8-6-13-14(2)10(8)11(15)16;1-7-4-3-5-9(13-7)8-6-12-14(2)10(8)11(15)16;1-6-3-12-8(5-11-6)7-4-13-14(2)9(7)10(15)16/h6,16H,7H2,1-5H3;3-6,16H,7H2,1-2H3;2*3-6H,1-2H3,(H,15,16);3-5H,1-2H3,(H,15,16). The third-order valence-electron chi connectivity index (χ3n) is 13.4. The van der Waals surface area contributed by atoms with Gasteiger partial charge < -0.3 is 34.8 Å². The van der Waals surface area contributed by atoms with Gasteiger partial charge in [-0.05, 0) is 90.8 Å². The number of pyridine rings is 3. The molecule has 0 spiro atoms. The van der Waals surface area contributed by atoms with Crippen LogP contribution in [0.25, 0.3) is 45.0 Å². The van der Waals surface area contributed by atoms with Gasteiger partial charge in [0.15, 0.2) is 17.1 Å². The van der Waals surface area contributed by atoms with Crippen LogP contribution < -0.4 is 5.46 Å². The van der Waals surface area contributed by atoms with E-state index in [9.17, 15) is 24.0 Å². The Kier molecular flexibility index (Phi) is 20.3. The summed E-state index contributed by atoms with van der Waals surface area (Å²) in [6.07, 6.45) is 14.1. The van der Waals surface area contributed by atoms with Crippen molar-refractivity contribution in [2.24, 2.45) is 35.2 Å². The Hall–Kier alpha value is -9.77. The predicted octanol–water partition coefficient (Wildman–Crippen LogP) is 4.72. The van der Waals surface area contributed by atoms with E-state index in [4.69, 9.17) is 34.8 Å². The van der Waals surface area contributed by atoms with E-state index in [1.54, 1.807) is 78.5 Å². The Bertz CT molecular complexity index is 3820. The van der Waals surface area contributed by atoms with Crippen molar-refractivity contribution in [1.29, 1.82) is 0 Å². The highest BCUT2D eigenvalue weighted by molar-refractivity contribution is 6.63. The molecule has 5 N–H and O–H groups in total. The number of carboxylic acid groups (broad SMARTS) is 3. The summed E-state index contributed by atoms with van der Waals surface area (Å²) in [5.74, 6) is -3.79. The SMILES string of the molecule is Cc1cccc(-c2cnn(C)c2C(=O)O)n1.Cc1cccnc1-c1cnn(C)c1C(=O)CO.Cc1cccnc1-c1cnn(C)c1C(=O)O.Cc1cnc(-c2cnn(C)c2C(=O)O)cn1.Cn1ncc(B2OC(C)(C)C(C)(C)O2)c1C(=O)CO. The summed E-state index contributed by atoms with van der Waals surface area (Å²) in [5, 5.41) is 65.1. The van der Waals surface area contributed by atoms with Gasteiger partial charge in [0, 0.05) is 76.7 Å². The monoisotopic (exact) mass is 1150 g/mol. The van der Waals surface area contributed by atoms with Crippen molar-refractivity contribution in [2.45, 2.75) is 66.6 Å². The topological polar surface area (TPSA) is 359 Å². The minimum absolute atomic E-state index is 0.109. The van der Waals surface area contributed by atoms with Gasteiger partial charge in [0.2, 0.25) is 11.6 Å². The molecule has 0 saturated carbocycles. The number of hydrogen-bond acceptors (Lipinski definition) is 19. The van der Waals surface area contributed by atoms with Gasteiger partial charge in [-0.25, -0.2) is 14.4 Å². The molecule has 1 aliphatic heterocycles. The van der Waals surface area contributed by atoms with Gasteiger partial charge in [-0.3, -0.25) is 57.9 Å². The number of rotatable bonds is 12. The van der Waals surface area contributed by atoms with Gasteiger partial charge in [0.1, 0.15) is 24.6 Å². The molecule has 9 aromatic heterocycles. The predicted molar refractivity (Wildman–Crippen MR) is 305 cm³/mol. The fourth-order valence-electron chi connectivity index (χ4n) is 8.41. The van der Waals surface area contributed by atoms with Crippen LogP contribution in [0.1, 0.15) is 103 Å². The quantitative estimate of drug-likeness (QED) is 0.0816. The zero-order valence-electron chi connectivity index (χ0n) is 48.5. The van der Waals surface area contributed by atoms with Crippen LogP contribution in [0.4, 0.5) is 0 Å². The average Bonchev–Trinajstić information content (AvgIpc) is 2.76. The Morgan fingerprint density at radius 2 is 0.869 bits per heavy atom. The lowest BCUT2D eigenvalue weighted by atomic mass is 9.78. The molecule has 28 heteroatoms. The average molecular weight is 1150 g/mol. The summed E-state index contributed by atoms with van der Waals surface area (Å²) >= 11 is 0. The third-order valence-corrected chi connectivity index (χ3v) is 13.4. The largest absolute Gasteiger partial charge is 0.498 e. The van der Waals surface area contributed by atoms with E-state index in [-0.39, 0.29) is 22.9 Å². The normalized spacial score (nSPS) is 12.8. The highest BCUT2D eigenvalue weighted by Gasteiger charge is 2.53. The van der Waals surface area contributed by atoms with E-state index >= 15 is 0 Å². The van der Waals surface area contributed by atoms with Gasteiger partial charge >= 0.3 is 25.0 Å². The van der Waals surface area contributed by atoms with Crippen LogP contribution >= 0.6 is 0 Å². The number of carboxylic acids is 3. The van der Waals surface area contributed by atoms with Crippen LogP contribution in [0, 0.1) is 27.7 Å². The Morgan fingerprint density at radius 3 is 1.30 bits per heavy atom. The molecule has 438 valence electrons. The van der Waals surface area contributed by atoms with Crippen molar-refractivity contribution in [3.8, 4) is 45.0 Å². The van der Waals surface area contributed by atoms with E-state index in [2.05, 4.69) is 50.4 Å². The summed E-state index contributed by atoms with van der Waals surface area (Å²) in [6.45, 7) is 14.2. The molecule has 0 bridgehead atoms. The molecule has 0 aromatic carbocycles. The van der Waals surface area contributed by atoms with Crippen molar-refractivity contribution < 1.29 is 58.8 Å². The number of aromatic nitrogens is 15. The maximum absolute atomic E-state index is 11.8. The van der Waals surface area contributed by atoms with Crippen LogP contribution in [0.5, 0.6) is 0 Å². The summed E-state index contributed by atoms with van der Waals surface area (Å²) in [4.78, 5) is 77.6. The van der Waals surface area contributed by atoms with E-state index in [0.717, 1.165) is 28.2 Å².